The summed E-state index contributed by atoms with van der Waals surface area (Å²) in [6.45, 7) is 8.00. The van der Waals surface area contributed by atoms with Crippen molar-refractivity contribution < 1.29 is 9.50 Å². The molecule has 20 heavy (non-hydrogen) atoms. The van der Waals surface area contributed by atoms with E-state index in [4.69, 9.17) is 0 Å². The maximum Gasteiger partial charge on any atom is 0.146 e. The summed E-state index contributed by atoms with van der Waals surface area (Å²) in [6.07, 6.45) is 2.78. The van der Waals surface area contributed by atoms with Gasteiger partial charge in [-0.1, -0.05) is 26.0 Å². The minimum Gasteiger partial charge on any atom is -0.389 e. The van der Waals surface area contributed by atoms with Gasteiger partial charge in [0.1, 0.15) is 5.82 Å². The van der Waals surface area contributed by atoms with Crippen LogP contribution in [0.4, 0.5) is 10.1 Å². The maximum atomic E-state index is 14.2. The molecule has 2 nitrogen and oxygen atoms in total. The molecule has 1 aromatic carbocycles. The average Bonchev–Trinajstić information content (AvgIpc) is 2.64. The predicted octanol–water partition coefficient (Wildman–Crippen LogP) is 4.14. The van der Waals surface area contributed by atoms with E-state index in [1.165, 1.54) is 12.5 Å². The molecule has 1 N–H and O–H groups in total. The fourth-order valence-corrected chi connectivity index (χ4v) is 3.22. The molecule has 1 aliphatic heterocycles. The summed E-state index contributed by atoms with van der Waals surface area (Å²) >= 11 is 0. The van der Waals surface area contributed by atoms with Gasteiger partial charge in [-0.3, -0.25) is 0 Å². The summed E-state index contributed by atoms with van der Waals surface area (Å²) < 4.78 is 14.2. The number of benzene rings is 1. The van der Waals surface area contributed by atoms with Gasteiger partial charge < -0.3 is 10.0 Å². The number of hydrogen-bond donors (Lipinski definition) is 1. The van der Waals surface area contributed by atoms with Gasteiger partial charge in [-0.15, -0.1) is 0 Å². The molecule has 2 atom stereocenters. The number of nitrogens with zero attached hydrogens (tertiary/aromatic N) is 1. The summed E-state index contributed by atoms with van der Waals surface area (Å²) in [5, 5.41) is 9.88. The first-order valence-electron chi connectivity index (χ1n) is 7.72. The lowest BCUT2D eigenvalue weighted by molar-refractivity contribution is 0.199. The van der Waals surface area contributed by atoms with Gasteiger partial charge in [-0.25, -0.2) is 4.39 Å². The highest BCUT2D eigenvalue weighted by atomic mass is 19.1. The molecule has 112 valence electrons. The minimum absolute atomic E-state index is 0.216. The smallest absolute Gasteiger partial charge is 0.146 e. The molecule has 2 rings (SSSR count). The molecule has 2 unspecified atom stereocenters. The number of anilines is 1. The first-order valence-corrected chi connectivity index (χ1v) is 7.72. The van der Waals surface area contributed by atoms with Gasteiger partial charge >= 0.3 is 0 Å². The Labute approximate surface area is 121 Å². The molecule has 1 heterocycles. The molecule has 1 fully saturated rings. The summed E-state index contributed by atoms with van der Waals surface area (Å²) in [7, 11) is 0. The number of halogens is 1. The average molecular weight is 279 g/mol. The monoisotopic (exact) mass is 279 g/mol. The molecule has 0 saturated carbocycles. The molecule has 1 aromatic rings. The molecule has 1 aliphatic rings. The van der Waals surface area contributed by atoms with Crippen molar-refractivity contribution in [3.63, 3.8) is 0 Å². The fourth-order valence-electron chi connectivity index (χ4n) is 3.22. The van der Waals surface area contributed by atoms with Crippen LogP contribution in [0.15, 0.2) is 18.2 Å². The quantitative estimate of drug-likeness (QED) is 0.898. The third-order valence-electron chi connectivity index (χ3n) is 4.50. The van der Waals surface area contributed by atoms with Crippen molar-refractivity contribution in [3.05, 3.63) is 29.6 Å². The summed E-state index contributed by atoms with van der Waals surface area (Å²) in [6, 6.07) is 5.00. The van der Waals surface area contributed by atoms with Crippen molar-refractivity contribution in [2.24, 2.45) is 11.8 Å². The Morgan fingerprint density at radius 3 is 2.60 bits per heavy atom. The van der Waals surface area contributed by atoms with E-state index < -0.39 is 6.10 Å². The second kappa shape index (κ2) is 6.57. The number of para-hydroxylation sites is 1. The highest BCUT2D eigenvalue weighted by molar-refractivity contribution is 5.56. The van der Waals surface area contributed by atoms with E-state index in [1.807, 2.05) is 6.07 Å². The molecule has 1 saturated heterocycles. The Balaban J connectivity index is 2.23. The topological polar surface area (TPSA) is 23.5 Å². The van der Waals surface area contributed by atoms with E-state index in [1.54, 1.807) is 13.0 Å². The van der Waals surface area contributed by atoms with Crippen molar-refractivity contribution in [2.75, 3.05) is 18.0 Å². The first-order chi connectivity index (χ1) is 9.50. The van der Waals surface area contributed by atoms with Crippen molar-refractivity contribution in [2.45, 2.75) is 46.1 Å². The molecule has 0 aliphatic carbocycles. The van der Waals surface area contributed by atoms with Crippen molar-refractivity contribution in [1.82, 2.24) is 0 Å². The van der Waals surface area contributed by atoms with E-state index in [0.29, 0.717) is 17.2 Å². The van der Waals surface area contributed by atoms with Gasteiger partial charge in [0.15, 0.2) is 0 Å². The molecule has 0 radical (unpaired) electrons. The van der Waals surface area contributed by atoms with Crippen LogP contribution in [0.25, 0.3) is 0 Å². The fraction of sp³-hybridized carbons (Fsp3) is 0.647. The van der Waals surface area contributed by atoms with Crippen LogP contribution in [-0.4, -0.2) is 18.2 Å². The van der Waals surface area contributed by atoms with Gasteiger partial charge in [0.05, 0.1) is 11.8 Å². The Morgan fingerprint density at radius 1 is 1.20 bits per heavy atom. The zero-order chi connectivity index (χ0) is 14.7. The van der Waals surface area contributed by atoms with Crippen molar-refractivity contribution >= 4 is 5.69 Å². The third-order valence-corrected chi connectivity index (χ3v) is 4.50. The first kappa shape index (κ1) is 15.3. The zero-order valence-electron chi connectivity index (χ0n) is 12.8. The van der Waals surface area contributed by atoms with E-state index in [-0.39, 0.29) is 5.82 Å². The Kier molecular flexibility index (Phi) is 5.03. The predicted molar refractivity (Wildman–Crippen MR) is 81.4 cm³/mol. The number of rotatable bonds is 3. The van der Waals surface area contributed by atoms with Crippen molar-refractivity contribution in [3.8, 4) is 0 Å². The lowest BCUT2D eigenvalue weighted by atomic mass is 9.89. The van der Waals surface area contributed by atoms with Crippen LogP contribution in [0.1, 0.15) is 51.7 Å². The molecule has 0 spiro atoms. The Bertz CT molecular complexity index is 445. The maximum absolute atomic E-state index is 14.2. The number of aliphatic hydroxyl groups excluding tert-OH is 1. The van der Waals surface area contributed by atoms with Crippen LogP contribution < -0.4 is 4.90 Å². The minimum atomic E-state index is -0.634. The standard InChI is InChI=1S/C17H26FNO/c1-12(2)14-6-5-10-19(11-9-14)17-15(13(3)20)7-4-8-16(17)18/h4,7-8,12-14,20H,5-6,9-11H2,1-3H3. The Hall–Kier alpha value is -1.09. The highest BCUT2D eigenvalue weighted by Gasteiger charge is 2.23. The third kappa shape index (κ3) is 3.32. The molecular weight excluding hydrogens is 253 g/mol. The van der Waals surface area contributed by atoms with E-state index in [9.17, 15) is 9.50 Å². The van der Waals surface area contributed by atoms with Crippen LogP contribution in [0.5, 0.6) is 0 Å². The molecular formula is C17H26FNO. The van der Waals surface area contributed by atoms with Gasteiger partial charge in [0.25, 0.3) is 0 Å². The second-order valence-corrected chi connectivity index (χ2v) is 6.28. The van der Waals surface area contributed by atoms with E-state index in [0.717, 1.165) is 31.8 Å². The van der Waals surface area contributed by atoms with Crippen LogP contribution in [0.3, 0.4) is 0 Å². The molecule has 0 bridgehead atoms. The normalized spacial score (nSPS) is 21.9. The highest BCUT2D eigenvalue weighted by Crippen LogP contribution is 2.33. The zero-order valence-corrected chi connectivity index (χ0v) is 12.8. The van der Waals surface area contributed by atoms with Crippen LogP contribution in [-0.2, 0) is 0 Å². The van der Waals surface area contributed by atoms with E-state index >= 15 is 0 Å². The SMILES string of the molecule is CC(O)c1cccc(F)c1N1CCCC(C(C)C)CC1. The van der Waals surface area contributed by atoms with Crippen LogP contribution in [0.2, 0.25) is 0 Å². The van der Waals surface area contributed by atoms with Crippen molar-refractivity contribution in [1.29, 1.82) is 0 Å². The lowest BCUT2D eigenvalue weighted by Gasteiger charge is -2.27. The molecule has 0 aromatic heterocycles. The van der Waals surface area contributed by atoms with Crippen LogP contribution in [0, 0.1) is 17.7 Å². The van der Waals surface area contributed by atoms with Gasteiger partial charge in [-0.2, -0.15) is 0 Å². The van der Waals surface area contributed by atoms with Gasteiger partial charge in [0.2, 0.25) is 0 Å². The summed E-state index contributed by atoms with van der Waals surface area (Å²) in [5.41, 5.74) is 1.31. The lowest BCUT2D eigenvalue weighted by Crippen LogP contribution is -2.27. The number of hydrogen-bond acceptors (Lipinski definition) is 2. The van der Waals surface area contributed by atoms with Crippen LogP contribution >= 0.6 is 0 Å². The summed E-state index contributed by atoms with van der Waals surface area (Å²) in [5.74, 6) is 1.19. The Morgan fingerprint density at radius 2 is 1.95 bits per heavy atom. The molecule has 0 amide bonds. The summed E-state index contributed by atoms with van der Waals surface area (Å²) in [4.78, 5) is 2.12. The second-order valence-electron chi connectivity index (χ2n) is 6.28. The van der Waals surface area contributed by atoms with Gasteiger partial charge in [0, 0.05) is 18.7 Å². The largest absolute Gasteiger partial charge is 0.389 e. The van der Waals surface area contributed by atoms with Gasteiger partial charge in [-0.05, 0) is 44.1 Å². The number of aliphatic hydroxyl groups is 1. The van der Waals surface area contributed by atoms with E-state index in [2.05, 4.69) is 18.7 Å². The molecule has 3 heteroatoms.